The number of hydrogen-bond acceptors (Lipinski definition) is 8. The topological polar surface area (TPSA) is 142 Å². The van der Waals surface area contributed by atoms with Crippen molar-refractivity contribution in [3.05, 3.63) is 22.4 Å². The van der Waals surface area contributed by atoms with Gasteiger partial charge in [-0.05, 0) is 48.8 Å². The molecule has 3 atom stereocenters. The fraction of sp³-hybridized carbons (Fsp3) is 0.667. The zero-order valence-electron chi connectivity index (χ0n) is 23.7. The van der Waals surface area contributed by atoms with Crippen LogP contribution in [0.15, 0.2) is 16.8 Å². The third-order valence-corrected chi connectivity index (χ3v) is 7.57. The van der Waals surface area contributed by atoms with Gasteiger partial charge in [0.1, 0.15) is 0 Å². The number of carbonyl (C=O) groups is 4. The zero-order chi connectivity index (χ0) is 34.9. The highest BCUT2D eigenvalue weighted by Crippen LogP contribution is 2.36. The minimum Gasteiger partial charge on any atom is -0.475 e. The second-order valence-corrected chi connectivity index (χ2v) is 10.9. The largest absolute Gasteiger partial charge is 0.490 e. The van der Waals surface area contributed by atoms with Crippen LogP contribution in [0.3, 0.4) is 0 Å². The molecule has 45 heavy (non-hydrogen) atoms. The molecule has 21 heteroatoms. The summed E-state index contributed by atoms with van der Waals surface area (Å²) in [7, 11) is 4.30. The lowest BCUT2D eigenvalue weighted by Crippen LogP contribution is -2.53. The van der Waals surface area contributed by atoms with Crippen molar-refractivity contribution in [2.45, 2.75) is 43.6 Å². The summed E-state index contributed by atoms with van der Waals surface area (Å²) in [5.41, 5.74) is 1.42. The van der Waals surface area contributed by atoms with Gasteiger partial charge in [0.25, 0.3) is 0 Å². The fourth-order valence-corrected chi connectivity index (χ4v) is 5.26. The van der Waals surface area contributed by atoms with E-state index >= 15 is 0 Å². The molecule has 11 nitrogen and oxygen atoms in total. The number of nitrogens with zero attached hydrogens (tertiary/aromatic N) is 4. The molecule has 1 aromatic rings. The predicted octanol–water partition coefficient (Wildman–Crippen LogP) is 2.93. The molecule has 3 saturated heterocycles. The van der Waals surface area contributed by atoms with Gasteiger partial charge in [-0.1, -0.05) is 0 Å². The van der Waals surface area contributed by atoms with E-state index in [9.17, 15) is 44.3 Å². The number of carbonyl (C=O) groups excluding carboxylic acids is 1. The number of carboxylic acid groups (broad SMARTS) is 3. The van der Waals surface area contributed by atoms with Crippen LogP contribution in [0, 0.1) is 5.92 Å². The maximum Gasteiger partial charge on any atom is 0.490 e. The first-order chi connectivity index (χ1) is 20.4. The van der Waals surface area contributed by atoms with Crippen LogP contribution in [0.25, 0.3) is 0 Å². The molecule has 1 amide bonds. The van der Waals surface area contributed by atoms with Crippen molar-refractivity contribution in [3.63, 3.8) is 0 Å². The standard InChI is InChI=1S/C18H28N4OS.3C2HF3O2/c1-19-4-6-22(7-5-19)18(23)16-9-15-11-21(12-17(15)20(16)2)10-14-3-8-24-13-14;3*3-2(4,5)1(6)7/h3,8,13,15-17H,4-7,9-12H2,1-2H3;3*(H,6,7)/t15-,16-,17+;;;/m1.../s1. The molecular formula is C24H31F9N4O7S. The number of thiophene rings is 1. The molecule has 258 valence electrons. The number of hydrogen-bond donors (Lipinski definition) is 3. The first-order valence-corrected chi connectivity index (χ1v) is 13.7. The molecule has 0 radical (unpaired) electrons. The summed E-state index contributed by atoms with van der Waals surface area (Å²) in [6.45, 7) is 7.08. The number of likely N-dealkylation sites (N-methyl/N-ethyl adjacent to an activating group) is 2. The molecule has 0 aromatic carbocycles. The van der Waals surface area contributed by atoms with Crippen molar-refractivity contribution in [1.82, 2.24) is 19.6 Å². The second kappa shape index (κ2) is 16.4. The minimum atomic E-state index is -5.08. The van der Waals surface area contributed by atoms with Crippen molar-refractivity contribution in [2.75, 3.05) is 53.4 Å². The Bertz CT molecular complexity index is 1070. The quantitative estimate of drug-likeness (QED) is 0.406. The highest BCUT2D eigenvalue weighted by atomic mass is 32.1. The lowest BCUT2D eigenvalue weighted by Gasteiger charge is -2.36. The number of carboxylic acids is 3. The molecule has 1 aromatic heterocycles. The van der Waals surface area contributed by atoms with Crippen LogP contribution in [-0.2, 0) is 25.7 Å². The van der Waals surface area contributed by atoms with E-state index < -0.39 is 36.4 Å². The number of rotatable bonds is 3. The van der Waals surface area contributed by atoms with Gasteiger partial charge >= 0.3 is 36.4 Å². The van der Waals surface area contributed by atoms with Crippen LogP contribution in [0.2, 0.25) is 0 Å². The second-order valence-electron chi connectivity index (χ2n) is 10.1. The van der Waals surface area contributed by atoms with Gasteiger partial charge in [-0.25, -0.2) is 14.4 Å². The van der Waals surface area contributed by atoms with Crippen molar-refractivity contribution in [2.24, 2.45) is 5.92 Å². The highest BCUT2D eigenvalue weighted by molar-refractivity contribution is 7.07. The molecule has 3 fully saturated rings. The summed E-state index contributed by atoms with van der Waals surface area (Å²) >= 11 is 1.77. The van der Waals surface area contributed by atoms with Crippen molar-refractivity contribution >= 4 is 35.2 Å². The molecule has 0 bridgehead atoms. The van der Waals surface area contributed by atoms with Gasteiger partial charge in [0, 0.05) is 51.9 Å². The average Bonchev–Trinajstić information content (AvgIpc) is 3.62. The third-order valence-electron chi connectivity index (χ3n) is 6.84. The van der Waals surface area contributed by atoms with Crippen LogP contribution in [-0.4, -0.2) is 143 Å². The Labute approximate surface area is 254 Å². The molecule has 3 aliphatic rings. The smallest absolute Gasteiger partial charge is 0.475 e. The summed E-state index contributed by atoms with van der Waals surface area (Å²) in [4.78, 5) is 49.0. The van der Waals surface area contributed by atoms with Crippen molar-refractivity contribution < 1.29 is 74.0 Å². The van der Waals surface area contributed by atoms with Crippen LogP contribution >= 0.6 is 11.3 Å². The van der Waals surface area contributed by atoms with Gasteiger partial charge in [0.2, 0.25) is 5.91 Å². The normalized spacial score (nSPS) is 22.6. The third kappa shape index (κ3) is 13.4. The Balaban J connectivity index is 0.000000396. The minimum absolute atomic E-state index is 0.103. The number of aliphatic carboxylic acids is 3. The first kappa shape index (κ1) is 39.9. The Morgan fingerprint density at radius 3 is 1.60 bits per heavy atom. The van der Waals surface area contributed by atoms with Crippen molar-refractivity contribution in [1.29, 1.82) is 0 Å². The lowest BCUT2D eigenvalue weighted by atomic mass is 10.0. The fourth-order valence-electron chi connectivity index (χ4n) is 4.60. The molecule has 3 aliphatic heterocycles. The summed E-state index contributed by atoms with van der Waals surface area (Å²) in [5, 5.41) is 25.8. The number of halogens is 9. The van der Waals surface area contributed by atoms with Gasteiger partial charge in [-0.2, -0.15) is 50.9 Å². The zero-order valence-corrected chi connectivity index (χ0v) is 24.5. The molecule has 0 saturated carbocycles. The number of likely N-dealkylation sites (tertiary alicyclic amines) is 2. The van der Waals surface area contributed by atoms with E-state index in [4.69, 9.17) is 29.7 Å². The Morgan fingerprint density at radius 2 is 1.24 bits per heavy atom. The van der Waals surface area contributed by atoms with Crippen LogP contribution in [0.1, 0.15) is 12.0 Å². The Kier molecular flexibility index (Phi) is 14.5. The number of alkyl halides is 9. The van der Waals surface area contributed by atoms with E-state index in [0.29, 0.717) is 17.9 Å². The van der Waals surface area contributed by atoms with E-state index in [1.54, 1.807) is 11.3 Å². The summed E-state index contributed by atoms with van der Waals surface area (Å²) in [6.07, 6.45) is -14.2. The molecular weight excluding hydrogens is 659 g/mol. The molecule has 0 spiro atoms. The number of amides is 1. The van der Waals surface area contributed by atoms with Crippen LogP contribution in [0.4, 0.5) is 39.5 Å². The maximum absolute atomic E-state index is 12.9. The van der Waals surface area contributed by atoms with Crippen molar-refractivity contribution in [3.8, 4) is 0 Å². The molecule has 3 N–H and O–H groups in total. The van der Waals surface area contributed by atoms with Crippen LogP contribution < -0.4 is 0 Å². The summed E-state index contributed by atoms with van der Waals surface area (Å²) in [5.74, 6) is -7.26. The molecule has 4 heterocycles. The number of piperazine rings is 1. The van der Waals surface area contributed by atoms with Crippen LogP contribution in [0.5, 0.6) is 0 Å². The lowest BCUT2D eigenvalue weighted by molar-refractivity contribution is -0.193. The summed E-state index contributed by atoms with van der Waals surface area (Å²) < 4.78 is 95.2. The van der Waals surface area contributed by atoms with Gasteiger partial charge in [0.15, 0.2) is 0 Å². The predicted molar refractivity (Wildman–Crippen MR) is 138 cm³/mol. The van der Waals surface area contributed by atoms with E-state index in [0.717, 1.165) is 52.2 Å². The number of fused-ring (bicyclic) bond motifs is 1. The average molecular weight is 691 g/mol. The van der Waals surface area contributed by atoms with E-state index in [-0.39, 0.29) is 6.04 Å². The van der Waals surface area contributed by atoms with Gasteiger partial charge in [-0.15, -0.1) is 0 Å². The SMILES string of the molecule is CN1CCN(C(=O)[C@H]2C[C@@H]3CN(Cc4ccsc4)C[C@@H]3N2C)CC1.O=C(O)C(F)(F)F.O=C(O)C(F)(F)F.O=C(O)C(F)(F)F. The Hall–Kier alpha value is -3.17. The highest BCUT2D eigenvalue weighted by Gasteiger charge is 2.48. The summed E-state index contributed by atoms with van der Waals surface area (Å²) in [6, 6.07) is 2.87. The van der Waals surface area contributed by atoms with Gasteiger partial charge in [-0.3, -0.25) is 14.6 Å². The Morgan fingerprint density at radius 1 is 0.800 bits per heavy atom. The van der Waals surface area contributed by atoms with E-state index in [2.05, 4.69) is 50.5 Å². The van der Waals surface area contributed by atoms with E-state index in [1.165, 1.54) is 5.56 Å². The molecule has 0 aliphatic carbocycles. The molecule has 4 rings (SSSR count). The van der Waals surface area contributed by atoms with E-state index in [1.807, 2.05) is 0 Å². The monoisotopic (exact) mass is 690 g/mol. The van der Waals surface area contributed by atoms with Gasteiger partial charge < -0.3 is 25.1 Å². The van der Waals surface area contributed by atoms with Gasteiger partial charge in [0.05, 0.1) is 6.04 Å². The first-order valence-electron chi connectivity index (χ1n) is 12.8. The maximum atomic E-state index is 12.9. The molecule has 0 unspecified atom stereocenters.